The average molecular weight is 215 g/mol. The van der Waals surface area contributed by atoms with Crippen LogP contribution in [0.4, 0.5) is 0 Å². The molecule has 3 N–H and O–H groups in total. The van der Waals surface area contributed by atoms with Crippen LogP contribution >= 0.6 is 0 Å². The van der Waals surface area contributed by atoms with Gasteiger partial charge in [-0.3, -0.25) is 0 Å². The van der Waals surface area contributed by atoms with Gasteiger partial charge in [0.25, 0.3) is 0 Å². The van der Waals surface area contributed by atoms with Crippen LogP contribution in [0.15, 0.2) is 0 Å². The summed E-state index contributed by atoms with van der Waals surface area (Å²) >= 11 is 0. The Balaban J connectivity index is 1.68. The van der Waals surface area contributed by atoms with E-state index in [1.165, 1.54) is 6.42 Å². The fraction of sp³-hybridized carbons (Fsp3) is 1.00. The van der Waals surface area contributed by atoms with E-state index in [0.29, 0.717) is 19.1 Å². The smallest absolute Gasteiger partial charge is 0.0948 e. The SMILES string of the molecule is OC1CCCC(CNC2COCC2O)C1. The van der Waals surface area contributed by atoms with Crippen molar-refractivity contribution in [2.75, 3.05) is 19.8 Å². The normalized spacial score (nSPS) is 42.0. The highest BCUT2D eigenvalue weighted by molar-refractivity contribution is 4.82. The minimum atomic E-state index is -0.362. The fourth-order valence-corrected chi connectivity index (χ4v) is 2.50. The molecule has 1 heterocycles. The molecule has 1 aliphatic carbocycles. The lowest BCUT2D eigenvalue weighted by Crippen LogP contribution is -2.42. The molecule has 1 saturated heterocycles. The van der Waals surface area contributed by atoms with Crippen molar-refractivity contribution in [1.29, 1.82) is 0 Å². The van der Waals surface area contributed by atoms with Crippen molar-refractivity contribution in [3.8, 4) is 0 Å². The van der Waals surface area contributed by atoms with E-state index in [1.807, 2.05) is 0 Å². The van der Waals surface area contributed by atoms with Crippen molar-refractivity contribution in [2.45, 2.75) is 43.9 Å². The van der Waals surface area contributed by atoms with Crippen molar-refractivity contribution >= 4 is 0 Å². The van der Waals surface area contributed by atoms with Crippen LogP contribution in [0.5, 0.6) is 0 Å². The van der Waals surface area contributed by atoms with E-state index in [-0.39, 0.29) is 18.2 Å². The average Bonchev–Trinajstić information content (AvgIpc) is 2.61. The summed E-state index contributed by atoms with van der Waals surface area (Å²) < 4.78 is 5.17. The molecule has 0 bridgehead atoms. The van der Waals surface area contributed by atoms with Crippen LogP contribution in [0.1, 0.15) is 25.7 Å². The second-order valence-corrected chi connectivity index (χ2v) is 4.81. The van der Waals surface area contributed by atoms with E-state index in [9.17, 15) is 10.2 Å². The van der Waals surface area contributed by atoms with Crippen molar-refractivity contribution in [1.82, 2.24) is 5.32 Å². The Bertz CT molecular complexity index is 200. The summed E-state index contributed by atoms with van der Waals surface area (Å²) in [5, 5.41) is 22.4. The molecule has 0 spiro atoms. The van der Waals surface area contributed by atoms with Gasteiger partial charge in [0.2, 0.25) is 0 Å². The minimum absolute atomic E-state index is 0.0871. The first kappa shape index (κ1) is 11.3. The summed E-state index contributed by atoms with van der Waals surface area (Å²) in [6.45, 7) is 1.95. The van der Waals surface area contributed by atoms with Crippen molar-refractivity contribution in [2.24, 2.45) is 5.92 Å². The Hall–Kier alpha value is -0.160. The first-order valence-corrected chi connectivity index (χ1v) is 5.93. The van der Waals surface area contributed by atoms with Crippen LogP contribution in [0.3, 0.4) is 0 Å². The lowest BCUT2D eigenvalue weighted by atomic mass is 9.87. The molecule has 15 heavy (non-hydrogen) atoms. The maximum Gasteiger partial charge on any atom is 0.0948 e. The second-order valence-electron chi connectivity index (χ2n) is 4.81. The predicted molar refractivity (Wildman–Crippen MR) is 56.6 cm³/mol. The molecule has 4 nitrogen and oxygen atoms in total. The van der Waals surface area contributed by atoms with Gasteiger partial charge in [0, 0.05) is 0 Å². The summed E-state index contributed by atoms with van der Waals surface area (Å²) in [6.07, 6.45) is 3.68. The van der Waals surface area contributed by atoms with Gasteiger partial charge in [0.1, 0.15) is 0 Å². The molecule has 0 aromatic carbocycles. The van der Waals surface area contributed by atoms with E-state index in [4.69, 9.17) is 4.74 Å². The molecule has 4 atom stereocenters. The monoisotopic (exact) mass is 215 g/mol. The number of aliphatic hydroxyl groups excluding tert-OH is 2. The van der Waals surface area contributed by atoms with Crippen molar-refractivity contribution in [3.63, 3.8) is 0 Å². The lowest BCUT2D eigenvalue weighted by Gasteiger charge is -2.27. The van der Waals surface area contributed by atoms with E-state index in [1.54, 1.807) is 0 Å². The summed E-state index contributed by atoms with van der Waals surface area (Å²) in [6, 6.07) is 0.0871. The van der Waals surface area contributed by atoms with Crippen LogP contribution < -0.4 is 5.32 Å². The summed E-state index contributed by atoms with van der Waals surface area (Å²) in [4.78, 5) is 0. The molecule has 0 radical (unpaired) electrons. The van der Waals surface area contributed by atoms with Crippen LogP contribution in [-0.4, -0.2) is 48.2 Å². The summed E-state index contributed by atoms with van der Waals surface area (Å²) in [7, 11) is 0. The molecular formula is C11H21NO3. The Labute approximate surface area is 90.6 Å². The maximum atomic E-state index is 9.53. The van der Waals surface area contributed by atoms with E-state index >= 15 is 0 Å². The van der Waals surface area contributed by atoms with Crippen LogP contribution in [0.25, 0.3) is 0 Å². The van der Waals surface area contributed by atoms with E-state index in [0.717, 1.165) is 25.8 Å². The number of ether oxygens (including phenoxy) is 1. The van der Waals surface area contributed by atoms with Gasteiger partial charge in [0.15, 0.2) is 0 Å². The third-order valence-electron chi connectivity index (χ3n) is 3.47. The highest BCUT2D eigenvalue weighted by Crippen LogP contribution is 2.23. The lowest BCUT2D eigenvalue weighted by molar-refractivity contribution is 0.0958. The molecule has 1 saturated carbocycles. The Kier molecular flexibility index (Phi) is 3.97. The standard InChI is InChI=1S/C11H21NO3/c13-9-3-1-2-8(4-9)5-12-10-6-15-7-11(10)14/h8-14H,1-7H2. The van der Waals surface area contributed by atoms with Crippen LogP contribution in [0, 0.1) is 5.92 Å². The first-order valence-electron chi connectivity index (χ1n) is 5.93. The molecule has 4 unspecified atom stereocenters. The zero-order chi connectivity index (χ0) is 10.7. The molecule has 2 rings (SSSR count). The second kappa shape index (κ2) is 5.25. The third kappa shape index (κ3) is 3.14. The number of nitrogens with one attached hydrogen (secondary N) is 1. The van der Waals surface area contributed by atoms with Gasteiger partial charge in [-0.2, -0.15) is 0 Å². The Morgan fingerprint density at radius 2 is 2.07 bits per heavy atom. The maximum absolute atomic E-state index is 9.53. The molecule has 88 valence electrons. The quantitative estimate of drug-likeness (QED) is 0.614. The highest BCUT2D eigenvalue weighted by atomic mass is 16.5. The number of hydrogen-bond acceptors (Lipinski definition) is 4. The molecule has 4 heteroatoms. The minimum Gasteiger partial charge on any atom is -0.393 e. The highest BCUT2D eigenvalue weighted by Gasteiger charge is 2.27. The van der Waals surface area contributed by atoms with Crippen LogP contribution in [-0.2, 0) is 4.74 Å². The molecule has 2 aliphatic rings. The zero-order valence-corrected chi connectivity index (χ0v) is 9.06. The Morgan fingerprint density at radius 1 is 1.20 bits per heavy atom. The molecule has 2 fully saturated rings. The van der Waals surface area contributed by atoms with Gasteiger partial charge in [-0.05, 0) is 31.7 Å². The van der Waals surface area contributed by atoms with Gasteiger partial charge in [-0.1, -0.05) is 6.42 Å². The van der Waals surface area contributed by atoms with Gasteiger partial charge in [0.05, 0.1) is 31.5 Å². The topological polar surface area (TPSA) is 61.7 Å². The molecule has 0 amide bonds. The van der Waals surface area contributed by atoms with E-state index in [2.05, 4.69) is 5.32 Å². The largest absolute Gasteiger partial charge is 0.393 e. The first-order chi connectivity index (χ1) is 7.25. The van der Waals surface area contributed by atoms with Gasteiger partial charge < -0.3 is 20.3 Å². The van der Waals surface area contributed by atoms with Gasteiger partial charge in [-0.15, -0.1) is 0 Å². The third-order valence-corrected chi connectivity index (χ3v) is 3.47. The number of hydrogen-bond donors (Lipinski definition) is 3. The van der Waals surface area contributed by atoms with E-state index < -0.39 is 0 Å². The number of rotatable bonds is 3. The predicted octanol–water partition coefficient (Wildman–Crippen LogP) is -0.113. The molecule has 0 aromatic heterocycles. The Morgan fingerprint density at radius 3 is 2.73 bits per heavy atom. The zero-order valence-electron chi connectivity index (χ0n) is 9.06. The van der Waals surface area contributed by atoms with Crippen LogP contribution in [0.2, 0.25) is 0 Å². The van der Waals surface area contributed by atoms with Crippen molar-refractivity contribution in [3.05, 3.63) is 0 Å². The van der Waals surface area contributed by atoms with Crippen molar-refractivity contribution < 1.29 is 14.9 Å². The van der Waals surface area contributed by atoms with Gasteiger partial charge >= 0.3 is 0 Å². The molecule has 1 aliphatic heterocycles. The number of aliphatic hydroxyl groups is 2. The summed E-state index contributed by atoms with van der Waals surface area (Å²) in [5.41, 5.74) is 0. The van der Waals surface area contributed by atoms with Gasteiger partial charge in [-0.25, -0.2) is 0 Å². The summed E-state index contributed by atoms with van der Waals surface area (Å²) in [5.74, 6) is 0.557. The molecular weight excluding hydrogens is 194 g/mol. The fourth-order valence-electron chi connectivity index (χ4n) is 2.50. The molecule has 0 aromatic rings.